The highest BCUT2D eigenvalue weighted by Gasteiger charge is 2.06. The summed E-state index contributed by atoms with van der Waals surface area (Å²) in [5.41, 5.74) is 0.0352. The molecule has 4 heteroatoms. The predicted octanol–water partition coefficient (Wildman–Crippen LogP) is 1.38. The van der Waals surface area contributed by atoms with E-state index in [1.165, 1.54) is 0 Å². The fourth-order valence-corrected chi connectivity index (χ4v) is 0.575. The van der Waals surface area contributed by atoms with Crippen LogP contribution in [0.5, 0.6) is 0 Å². The lowest BCUT2D eigenvalue weighted by molar-refractivity contribution is -0.139. The van der Waals surface area contributed by atoms with E-state index in [1.807, 2.05) is 13.8 Å². The molecule has 0 radical (unpaired) electrons. The highest BCUT2D eigenvalue weighted by atomic mass is 16.5. The highest BCUT2D eigenvalue weighted by Crippen LogP contribution is 2.00. The lowest BCUT2D eigenvalue weighted by atomic mass is 10.2. The minimum Gasteiger partial charge on any atom is -0.478 e. The van der Waals surface area contributed by atoms with E-state index in [0.29, 0.717) is 6.61 Å². The summed E-state index contributed by atoms with van der Waals surface area (Å²) in [6, 6.07) is 0. The van der Waals surface area contributed by atoms with Gasteiger partial charge in [-0.05, 0) is 12.0 Å². The Morgan fingerprint density at radius 2 is 2.00 bits per heavy atom. The van der Waals surface area contributed by atoms with E-state index >= 15 is 0 Å². The number of carboxylic acids is 1. The molecule has 0 aromatic rings. The molecule has 0 aromatic heterocycles. The van der Waals surface area contributed by atoms with Crippen LogP contribution in [0.3, 0.4) is 0 Å². The lowest BCUT2D eigenvalue weighted by Crippen LogP contribution is -2.10. The zero-order valence-corrected chi connectivity index (χ0v) is 8.32. The summed E-state index contributed by atoms with van der Waals surface area (Å²) in [6.45, 7) is 7.50. The van der Waals surface area contributed by atoms with Gasteiger partial charge in [0.1, 0.15) is 0 Å². The molecule has 0 heterocycles. The largest absolute Gasteiger partial charge is 0.478 e. The van der Waals surface area contributed by atoms with Crippen LogP contribution in [0.15, 0.2) is 24.3 Å². The van der Waals surface area contributed by atoms with Crippen molar-refractivity contribution in [2.24, 2.45) is 5.92 Å². The molecule has 0 rings (SSSR count). The number of carbonyl (C=O) groups excluding carboxylic acids is 1. The molecule has 4 nitrogen and oxygen atoms in total. The molecule has 0 unspecified atom stereocenters. The highest BCUT2D eigenvalue weighted by molar-refractivity contribution is 5.93. The third-order valence-corrected chi connectivity index (χ3v) is 1.24. The van der Waals surface area contributed by atoms with Crippen LogP contribution in [-0.2, 0) is 14.3 Å². The quantitative estimate of drug-likeness (QED) is 0.412. The van der Waals surface area contributed by atoms with E-state index in [2.05, 4.69) is 6.58 Å². The van der Waals surface area contributed by atoms with E-state index in [0.717, 1.165) is 12.2 Å². The number of aliphatic carboxylic acids is 1. The topological polar surface area (TPSA) is 63.6 Å². The molecule has 0 aromatic carbocycles. The Kier molecular flexibility index (Phi) is 5.29. The minimum atomic E-state index is -1.12. The average Bonchev–Trinajstić information content (AvgIpc) is 2.09. The van der Waals surface area contributed by atoms with Crippen molar-refractivity contribution in [2.45, 2.75) is 13.8 Å². The summed E-state index contributed by atoms with van der Waals surface area (Å²) in [5, 5.41) is 8.28. The second-order valence-electron chi connectivity index (χ2n) is 3.19. The smallest absolute Gasteiger partial charge is 0.337 e. The van der Waals surface area contributed by atoms with Gasteiger partial charge in [0, 0.05) is 6.08 Å². The SMILES string of the molecule is C=C(C=CC(=O)O)C(=O)OCC(C)C. The molecule has 0 aliphatic carbocycles. The number of hydrogen-bond donors (Lipinski definition) is 1. The molecule has 0 aliphatic rings. The second-order valence-corrected chi connectivity index (χ2v) is 3.19. The first-order valence-corrected chi connectivity index (χ1v) is 4.20. The van der Waals surface area contributed by atoms with E-state index in [4.69, 9.17) is 9.84 Å². The van der Waals surface area contributed by atoms with Gasteiger partial charge in [0.05, 0.1) is 12.2 Å². The van der Waals surface area contributed by atoms with Crippen LogP contribution in [0.25, 0.3) is 0 Å². The fourth-order valence-electron chi connectivity index (χ4n) is 0.575. The van der Waals surface area contributed by atoms with Crippen molar-refractivity contribution >= 4 is 11.9 Å². The summed E-state index contributed by atoms with van der Waals surface area (Å²) >= 11 is 0. The molecule has 0 fully saturated rings. The first kappa shape index (κ1) is 12.4. The van der Waals surface area contributed by atoms with Gasteiger partial charge in [-0.3, -0.25) is 0 Å². The number of hydrogen-bond acceptors (Lipinski definition) is 3. The van der Waals surface area contributed by atoms with Crippen molar-refractivity contribution in [1.82, 2.24) is 0 Å². The Morgan fingerprint density at radius 3 is 2.43 bits per heavy atom. The Hall–Kier alpha value is -1.58. The van der Waals surface area contributed by atoms with Crippen LogP contribution in [0.1, 0.15) is 13.8 Å². The Balaban J connectivity index is 4.01. The summed E-state index contributed by atoms with van der Waals surface area (Å²) in [6.07, 6.45) is 1.96. The zero-order chi connectivity index (χ0) is 11.1. The van der Waals surface area contributed by atoms with Crippen molar-refractivity contribution < 1.29 is 19.4 Å². The third kappa shape index (κ3) is 5.99. The third-order valence-electron chi connectivity index (χ3n) is 1.24. The first-order valence-electron chi connectivity index (χ1n) is 4.20. The summed E-state index contributed by atoms with van der Waals surface area (Å²) in [7, 11) is 0. The maximum absolute atomic E-state index is 11.1. The molecule has 0 aliphatic heterocycles. The monoisotopic (exact) mass is 198 g/mol. The van der Waals surface area contributed by atoms with Gasteiger partial charge in [0.2, 0.25) is 0 Å². The summed E-state index contributed by atoms with van der Waals surface area (Å²) < 4.78 is 4.81. The maximum atomic E-state index is 11.1. The van der Waals surface area contributed by atoms with Gasteiger partial charge in [0.15, 0.2) is 0 Å². The Bertz CT molecular complexity index is 263. The molecular weight excluding hydrogens is 184 g/mol. The van der Waals surface area contributed by atoms with E-state index in [1.54, 1.807) is 0 Å². The lowest BCUT2D eigenvalue weighted by Gasteiger charge is -2.06. The van der Waals surface area contributed by atoms with Gasteiger partial charge < -0.3 is 9.84 Å². The first-order chi connectivity index (χ1) is 6.43. The second kappa shape index (κ2) is 5.96. The van der Waals surface area contributed by atoms with Crippen LogP contribution >= 0.6 is 0 Å². The number of ether oxygens (including phenoxy) is 1. The van der Waals surface area contributed by atoms with Crippen LogP contribution in [0.2, 0.25) is 0 Å². The van der Waals surface area contributed by atoms with Gasteiger partial charge >= 0.3 is 11.9 Å². The van der Waals surface area contributed by atoms with Crippen molar-refractivity contribution in [2.75, 3.05) is 6.61 Å². The molecular formula is C10H14O4. The van der Waals surface area contributed by atoms with Crippen LogP contribution in [-0.4, -0.2) is 23.7 Å². The van der Waals surface area contributed by atoms with E-state index in [-0.39, 0.29) is 11.5 Å². The van der Waals surface area contributed by atoms with Crippen LogP contribution in [0.4, 0.5) is 0 Å². The Labute approximate surface area is 82.9 Å². The van der Waals surface area contributed by atoms with Crippen molar-refractivity contribution in [3.8, 4) is 0 Å². The predicted molar refractivity (Wildman–Crippen MR) is 51.7 cm³/mol. The van der Waals surface area contributed by atoms with Gasteiger partial charge in [-0.2, -0.15) is 0 Å². The van der Waals surface area contributed by atoms with Crippen molar-refractivity contribution in [3.05, 3.63) is 24.3 Å². The van der Waals surface area contributed by atoms with Crippen LogP contribution < -0.4 is 0 Å². The normalized spacial score (nSPS) is 10.5. The van der Waals surface area contributed by atoms with E-state index < -0.39 is 11.9 Å². The standard InChI is InChI=1S/C10H14O4/c1-7(2)6-14-10(13)8(3)4-5-9(11)12/h4-5,7H,3,6H2,1-2H3,(H,11,12). The van der Waals surface area contributed by atoms with Gasteiger partial charge in [-0.15, -0.1) is 0 Å². The molecule has 1 N–H and O–H groups in total. The number of carboxylic acid groups (broad SMARTS) is 1. The molecule has 0 amide bonds. The van der Waals surface area contributed by atoms with Crippen LogP contribution in [0, 0.1) is 5.92 Å². The van der Waals surface area contributed by atoms with E-state index in [9.17, 15) is 9.59 Å². The number of rotatable bonds is 5. The van der Waals surface area contributed by atoms with Gasteiger partial charge in [0.25, 0.3) is 0 Å². The number of esters is 1. The molecule has 0 saturated heterocycles. The maximum Gasteiger partial charge on any atom is 0.337 e. The van der Waals surface area contributed by atoms with Gasteiger partial charge in [-0.25, -0.2) is 9.59 Å². The van der Waals surface area contributed by atoms with Crippen molar-refractivity contribution in [3.63, 3.8) is 0 Å². The summed E-state index contributed by atoms with van der Waals surface area (Å²) in [5.74, 6) is -1.46. The molecule has 0 spiro atoms. The average molecular weight is 198 g/mol. The molecule has 0 bridgehead atoms. The summed E-state index contributed by atoms with van der Waals surface area (Å²) in [4.78, 5) is 21.2. The number of carbonyl (C=O) groups is 2. The minimum absolute atomic E-state index is 0.0352. The molecule has 0 saturated carbocycles. The molecule has 0 atom stereocenters. The molecule has 14 heavy (non-hydrogen) atoms. The Morgan fingerprint density at radius 1 is 1.43 bits per heavy atom. The zero-order valence-electron chi connectivity index (χ0n) is 8.32. The van der Waals surface area contributed by atoms with Gasteiger partial charge in [-0.1, -0.05) is 20.4 Å². The van der Waals surface area contributed by atoms with Crippen molar-refractivity contribution in [1.29, 1.82) is 0 Å². The molecule has 78 valence electrons. The fraction of sp³-hybridized carbons (Fsp3) is 0.400.